The predicted octanol–water partition coefficient (Wildman–Crippen LogP) is 5.21. The highest BCUT2D eigenvalue weighted by Gasteiger charge is 2.15. The highest BCUT2D eigenvalue weighted by molar-refractivity contribution is 6.31. The molecular formula is C15H14ClF2NO. The van der Waals surface area contributed by atoms with Crippen molar-refractivity contribution in [3.05, 3.63) is 52.5 Å². The Morgan fingerprint density at radius 3 is 2.60 bits per heavy atom. The lowest BCUT2D eigenvalue weighted by molar-refractivity contribution is 0.148. The molecule has 0 aromatic heterocycles. The van der Waals surface area contributed by atoms with Crippen molar-refractivity contribution in [2.24, 2.45) is 0 Å². The maximum Gasteiger partial charge on any atom is 0.267 e. The summed E-state index contributed by atoms with van der Waals surface area (Å²) in [5.41, 5.74) is 6.47. The number of benzene rings is 2. The van der Waals surface area contributed by atoms with Crippen molar-refractivity contribution in [1.82, 2.24) is 0 Å². The lowest BCUT2D eigenvalue weighted by atomic mass is 10.1. The average molecular weight is 298 g/mol. The van der Waals surface area contributed by atoms with E-state index < -0.39 is 6.43 Å². The number of halogens is 3. The quantitative estimate of drug-likeness (QED) is 0.786. The van der Waals surface area contributed by atoms with Gasteiger partial charge in [-0.05, 0) is 48.4 Å². The van der Waals surface area contributed by atoms with Gasteiger partial charge >= 0.3 is 0 Å². The van der Waals surface area contributed by atoms with Crippen LogP contribution in [0.5, 0.6) is 11.5 Å². The Labute approximate surface area is 121 Å². The van der Waals surface area contributed by atoms with Crippen molar-refractivity contribution in [2.45, 2.75) is 19.8 Å². The number of nitrogen functional groups attached to an aromatic ring is 1. The smallest absolute Gasteiger partial charge is 0.267 e. The van der Waals surface area contributed by atoms with Gasteiger partial charge in [-0.2, -0.15) is 0 Å². The van der Waals surface area contributed by atoms with E-state index in [1.807, 2.05) is 6.92 Å². The normalized spacial score (nSPS) is 10.8. The van der Waals surface area contributed by atoms with Gasteiger partial charge in [-0.25, -0.2) is 8.78 Å². The van der Waals surface area contributed by atoms with Crippen molar-refractivity contribution < 1.29 is 13.5 Å². The Hall–Kier alpha value is -1.81. The van der Waals surface area contributed by atoms with Crippen LogP contribution >= 0.6 is 11.6 Å². The van der Waals surface area contributed by atoms with Crippen molar-refractivity contribution in [3.8, 4) is 11.5 Å². The summed E-state index contributed by atoms with van der Waals surface area (Å²) in [4.78, 5) is 0. The second kappa shape index (κ2) is 6.09. The van der Waals surface area contributed by atoms with Crippen LogP contribution in [0, 0.1) is 0 Å². The summed E-state index contributed by atoms with van der Waals surface area (Å²) in [6.07, 6.45) is -1.91. The van der Waals surface area contributed by atoms with Crippen molar-refractivity contribution in [3.63, 3.8) is 0 Å². The van der Waals surface area contributed by atoms with E-state index in [4.69, 9.17) is 22.1 Å². The van der Waals surface area contributed by atoms with Crippen LogP contribution in [0.4, 0.5) is 14.5 Å². The van der Waals surface area contributed by atoms with Crippen molar-refractivity contribution in [1.29, 1.82) is 0 Å². The van der Waals surface area contributed by atoms with Crippen LogP contribution in [0.15, 0.2) is 36.4 Å². The first-order chi connectivity index (χ1) is 9.51. The van der Waals surface area contributed by atoms with Crippen LogP contribution in [0.3, 0.4) is 0 Å². The zero-order valence-corrected chi connectivity index (χ0v) is 11.6. The maximum atomic E-state index is 13.0. The summed E-state index contributed by atoms with van der Waals surface area (Å²) in [6.45, 7) is 1.96. The van der Waals surface area contributed by atoms with E-state index in [1.54, 1.807) is 18.2 Å². The second-order valence-electron chi connectivity index (χ2n) is 4.31. The van der Waals surface area contributed by atoms with Crippen molar-refractivity contribution in [2.75, 3.05) is 5.73 Å². The van der Waals surface area contributed by atoms with E-state index >= 15 is 0 Å². The first kappa shape index (κ1) is 14.6. The van der Waals surface area contributed by atoms with Gasteiger partial charge in [0.05, 0.1) is 5.56 Å². The Morgan fingerprint density at radius 1 is 1.20 bits per heavy atom. The molecule has 2 N–H and O–H groups in total. The van der Waals surface area contributed by atoms with Gasteiger partial charge in [0.25, 0.3) is 6.43 Å². The zero-order chi connectivity index (χ0) is 14.7. The van der Waals surface area contributed by atoms with E-state index in [0.717, 1.165) is 12.0 Å². The number of hydrogen-bond acceptors (Lipinski definition) is 2. The summed E-state index contributed by atoms with van der Waals surface area (Å²) in [6, 6.07) is 9.27. The Kier molecular flexibility index (Phi) is 4.45. The fraction of sp³-hybridized carbons (Fsp3) is 0.200. The van der Waals surface area contributed by atoms with Gasteiger partial charge in [-0.15, -0.1) is 0 Å². The standard InChI is InChI=1S/C15H14ClF2NO/c1-2-9-7-11(4-5-13(9)16)20-14-6-3-10(19)8-12(14)15(17)18/h3-8,15H,2,19H2,1H3. The number of rotatable bonds is 4. The van der Waals surface area contributed by atoms with E-state index in [1.165, 1.54) is 18.2 Å². The molecule has 106 valence electrons. The van der Waals surface area contributed by atoms with E-state index in [2.05, 4.69) is 0 Å². The fourth-order valence-corrected chi connectivity index (χ4v) is 2.09. The monoisotopic (exact) mass is 297 g/mol. The number of alkyl halides is 2. The van der Waals surface area contributed by atoms with Gasteiger partial charge in [0.2, 0.25) is 0 Å². The molecule has 0 amide bonds. The topological polar surface area (TPSA) is 35.2 Å². The lowest BCUT2D eigenvalue weighted by Gasteiger charge is -2.12. The molecule has 2 aromatic rings. The van der Waals surface area contributed by atoms with Crippen LogP contribution in [-0.2, 0) is 6.42 Å². The predicted molar refractivity (Wildman–Crippen MR) is 76.7 cm³/mol. The number of aryl methyl sites for hydroxylation is 1. The number of ether oxygens (including phenoxy) is 1. The van der Waals surface area contributed by atoms with Gasteiger partial charge in [-0.1, -0.05) is 18.5 Å². The molecule has 0 unspecified atom stereocenters. The molecule has 0 radical (unpaired) electrons. The van der Waals surface area contributed by atoms with Crippen LogP contribution in [0.2, 0.25) is 5.02 Å². The van der Waals surface area contributed by atoms with Gasteiger partial charge in [-0.3, -0.25) is 0 Å². The highest BCUT2D eigenvalue weighted by atomic mass is 35.5. The van der Waals surface area contributed by atoms with Gasteiger partial charge < -0.3 is 10.5 Å². The molecule has 0 aliphatic carbocycles. The zero-order valence-electron chi connectivity index (χ0n) is 10.9. The molecule has 0 fully saturated rings. The summed E-state index contributed by atoms with van der Waals surface area (Å²) in [5.74, 6) is 0.566. The molecule has 20 heavy (non-hydrogen) atoms. The molecule has 0 saturated carbocycles. The molecule has 0 atom stereocenters. The van der Waals surface area contributed by atoms with Crippen LogP contribution < -0.4 is 10.5 Å². The van der Waals surface area contributed by atoms with Crippen LogP contribution in [0.1, 0.15) is 24.5 Å². The molecule has 0 bridgehead atoms. The third-order valence-corrected chi connectivity index (χ3v) is 3.26. The molecular weight excluding hydrogens is 284 g/mol. The minimum absolute atomic E-state index is 0.0959. The molecule has 0 spiro atoms. The minimum Gasteiger partial charge on any atom is -0.457 e. The highest BCUT2D eigenvalue weighted by Crippen LogP contribution is 2.34. The first-order valence-electron chi connectivity index (χ1n) is 6.15. The minimum atomic E-state index is -2.65. The second-order valence-corrected chi connectivity index (χ2v) is 4.71. The largest absolute Gasteiger partial charge is 0.457 e. The molecule has 0 aliphatic rings. The molecule has 0 saturated heterocycles. The van der Waals surface area contributed by atoms with E-state index in [-0.39, 0.29) is 17.0 Å². The summed E-state index contributed by atoms with van der Waals surface area (Å²) in [7, 11) is 0. The van der Waals surface area contributed by atoms with E-state index in [0.29, 0.717) is 10.8 Å². The molecule has 2 aromatic carbocycles. The summed E-state index contributed by atoms with van der Waals surface area (Å²) < 4.78 is 31.5. The number of hydrogen-bond donors (Lipinski definition) is 1. The van der Waals surface area contributed by atoms with Crippen LogP contribution in [0.25, 0.3) is 0 Å². The molecule has 2 nitrogen and oxygen atoms in total. The Balaban J connectivity index is 2.34. The summed E-state index contributed by atoms with van der Waals surface area (Å²) >= 11 is 6.01. The molecule has 2 rings (SSSR count). The summed E-state index contributed by atoms with van der Waals surface area (Å²) in [5, 5.41) is 0.631. The molecule has 0 aliphatic heterocycles. The third kappa shape index (κ3) is 3.20. The van der Waals surface area contributed by atoms with E-state index in [9.17, 15) is 8.78 Å². The van der Waals surface area contributed by atoms with Crippen molar-refractivity contribution >= 4 is 17.3 Å². The van der Waals surface area contributed by atoms with Crippen LogP contribution in [-0.4, -0.2) is 0 Å². The number of anilines is 1. The van der Waals surface area contributed by atoms with Gasteiger partial charge in [0, 0.05) is 10.7 Å². The Bertz CT molecular complexity index is 617. The molecule has 0 heterocycles. The fourth-order valence-electron chi connectivity index (χ4n) is 1.84. The number of nitrogens with two attached hydrogens (primary N) is 1. The maximum absolute atomic E-state index is 13.0. The lowest BCUT2D eigenvalue weighted by Crippen LogP contribution is -1.95. The Morgan fingerprint density at radius 2 is 1.95 bits per heavy atom. The van der Waals surface area contributed by atoms with Gasteiger partial charge in [0.15, 0.2) is 0 Å². The molecule has 5 heteroatoms. The third-order valence-electron chi connectivity index (χ3n) is 2.89. The SMILES string of the molecule is CCc1cc(Oc2ccc(N)cc2C(F)F)ccc1Cl. The average Bonchev–Trinajstić information content (AvgIpc) is 2.42. The first-order valence-corrected chi connectivity index (χ1v) is 6.53. The van der Waals surface area contributed by atoms with Gasteiger partial charge in [0.1, 0.15) is 11.5 Å².